The highest BCUT2D eigenvalue weighted by Gasteiger charge is 2.31. The van der Waals surface area contributed by atoms with Crippen LogP contribution in [0.1, 0.15) is 58.8 Å². The van der Waals surface area contributed by atoms with Crippen molar-refractivity contribution in [1.29, 1.82) is 0 Å². The molecule has 0 radical (unpaired) electrons. The lowest BCUT2D eigenvalue weighted by molar-refractivity contribution is 0.0737. The Balaban J connectivity index is 1.85. The lowest BCUT2D eigenvalue weighted by Gasteiger charge is -2.43. The van der Waals surface area contributed by atoms with Gasteiger partial charge >= 0.3 is 0 Å². The van der Waals surface area contributed by atoms with E-state index in [1.807, 2.05) is 0 Å². The molecular formula is C16H32N2. The molecule has 106 valence electrons. The molecule has 2 aliphatic rings. The van der Waals surface area contributed by atoms with Crippen molar-refractivity contribution in [3.63, 3.8) is 0 Å². The van der Waals surface area contributed by atoms with Crippen LogP contribution in [0.25, 0.3) is 0 Å². The molecule has 0 amide bonds. The Morgan fingerprint density at radius 2 is 1.39 bits per heavy atom. The molecule has 2 aliphatic carbocycles. The normalized spacial score (nSPS) is 42.2. The molecule has 0 heterocycles. The molecule has 0 aromatic rings. The van der Waals surface area contributed by atoms with E-state index in [1.165, 1.54) is 44.9 Å². The summed E-state index contributed by atoms with van der Waals surface area (Å²) in [6.07, 6.45) is 9.80. The maximum absolute atomic E-state index is 3.44. The van der Waals surface area contributed by atoms with E-state index in [1.54, 1.807) is 0 Å². The smallest absolute Gasteiger partial charge is 0.0100 e. The summed E-state index contributed by atoms with van der Waals surface area (Å²) in [5, 5.41) is 3.44. The van der Waals surface area contributed by atoms with Crippen LogP contribution in [0.15, 0.2) is 0 Å². The third kappa shape index (κ3) is 3.48. The minimum absolute atomic E-state index is 0.777. The van der Waals surface area contributed by atoms with Crippen molar-refractivity contribution in [3.8, 4) is 0 Å². The summed E-state index contributed by atoms with van der Waals surface area (Å²) in [5.74, 6) is 1.85. The molecule has 0 spiro atoms. The number of hydrogen-bond donors (Lipinski definition) is 1. The van der Waals surface area contributed by atoms with Crippen LogP contribution in [0.3, 0.4) is 0 Å². The van der Waals surface area contributed by atoms with Gasteiger partial charge < -0.3 is 10.2 Å². The molecule has 0 aliphatic heterocycles. The van der Waals surface area contributed by atoms with Crippen LogP contribution < -0.4 is 5.32 Å². The van der Waals surface area contributed by atoms with Crippen molar-refractivity contribution in [2.24, 2.45) is 11.8 Å². The Morgan fingerprint density at radius 1 is 0.833 bits per heavy atom. The highest BCUT2D eigenvalue weighted by molar-refractivity contribution is 4.87. The van der Waals surface area contributed by atoms with Crippen molar-refractivity contribution in [2.75, 3.05) is 14.1 Å². The largest absolute Gasteiger partial charge is 0.317 e. The molecule has 2 atom stereocenters. The first-order valence-electron chi connectivity index (χ1n) is 7.99. The molecule has 2 unspecified atom stereocenters. The first-order valence-corrected chi connectivity index (χ1v) is 7.99. The van der Waals surface area contributed by atoms with Gasteiger partial charge in [0.05, 0.1) is 0 Å². The van der Waals surface area contributed by atoms with Gasteiger partial charge in [0.1, 0.15) is 0 Å². The quantitative estimate of drug-likeness (QED) is 0.829. The zero-order chi connectivity index (χ0) is 13.1. The van der Waals surface area contributed by atoms with Crippen molar-refractivity contribution < 1.29 is 0 Å². The summed E-state index contributed by atoms with van der Waals surface area (Å²) in [7, 11) is 4.50. The molecule has 0 saturated heterocycles. The molecule has 2 rings (SSSR count). The number of nitrogens with zero attached hydrogens (tertiary/aromatic N) is 1. The third-order valence-electron chi connectivity index (χ3n) is 5.41. The van der Waals surface area contributed by atoms with Crippen molar-refractivity contribution >= 4 is 0 Å². The van der Waals surface area contributed by atoms with E-state index >= 15 is 0 Å². The highest BCUT2D eigenvalue weighted by atomic mass is 15.2. The number of nitrogens with one attached hydrogen (secondary N) is 1. The predicted octanol–water partition coefficient (Wildman–Crippen LogP) is 3.27. The van der Waals surface area contributed by atoms with E-state index in [2.05, 4.69) is 38.2 Å². The summed E-state index contributed by atoms with van der Waals surface area (Å²) < 4.78 is 0. The van der Waals surface area contributed by atoms with Crippen LogP contribution in [0.2, 0.25) is 0 Å². The molecule has 0 aromatic heterocycles. The summed E-state index contributed by atoms with van der Waals surface area (Å²) in [5.41, 5.74) is 0. The first kappa shape index (κ1) is 14.3. The van der Waals surface area contributed by atoms with Gasteiger partial charge in [-0.05, 0) is 70.9 Å². The lowest BCUT2D eigenvalue weighted by atomic mass is 9.78. The fourth-order valence-electron chi connectivity index (χ4n) is 4.31. The van der Waals surface area contributed by atoms with Crippen molar-refractivity contribution in [2.45, 2.75) is 76.9 Å². The van der Waals surface area contributed by atoms with Gasteiger partial charge in [0, 0.05) is 18.1 Å². The highest BCUT2D eigenvalue weighted by Crippen LogP contribution is 2.34. The average Bonchev–Trinajstić information content (AvgIpc) is 2.37. The van der Waals surface area contributed by atoms with Crippen LogP contribution in [0, 0.1) is 11.8 Å². The number of rotatable bonds is 3. The summed E-state index contributed by atoms with van der Waals surface area (Å²) in [6, 6.07) is 2.47. The van der Waals surface area contributed by atoms with Crippen LogP contribution >= 0.6 is 0 Å². The Hall–Kier alpha value is -0.0800. The predicted molar refractivity (Wildman–Crippen MR) is 78.8 cm³/mol. The van der Waals surface area contributed by atoms with Crippen molar-refractivity contribution in [1.82, 2.24) is 10.2 Å². The first-order chi connectivity index (χ1) is 8.60. The van der Waals surface area contributed by atoms with Crippen LogP contribution in [0.4, 0.5) is 0 Å². The molecule has 2 nitrogen and oxygen atoms in total. The maximum Gasteiger partial charge on any atom is 0.0100 e. The maximum atomic E-state index is 3.44. The lowest BCUT2D eigenvalue weighted by Crippen LogP contribution is -2.46. The van der Waals surface area contributed by atoms with Gasteiger partial charge in [0.2, 0.25) is 0 Å². The Labute approximate surface area is 114 Å². The Morgan fingerprint density at radius 3 is 1.89 bits per heavy atom. The average molecular weight is 252 g/mol. The van der Waals surface area contributed by atoms with Crippen LogP contribution in [0.5, 0.6) is 0 Å². The zero-order valence-corrected chi connectivity index (χ0v) is 12.8. The summed E-state index contributed by atoms with van der Waals surface area (Å²) in [6.45, 7) is 4.88. The zero-order valence-electron chi connectivity index (χ0n) is 12.8. The standard InChI is InChI=1S/C16H32N2/c1-12-9-13(2)11-16(10-12)18(4)15-7-5-14(17-3)6-8-15/h12-17H,5-11H2,1-4H3. The van der Waals surface area contributed by atoms with Gasteiger partial charge in [-0.25, -0.2) is 0 Å². The molecule has 2 fully saturated rings. The fourth-order valence-corrected chi connectivity index (χ4v) is 4.31. The van der Waals surface area contributed by atoms with E-state index in [0.29, 0.717) is 0 Å². The van der Waals surface area contributed by atoms with Gasteiger partial charge in [0.25, 0.3) is 0 Å². The molecule has 2 heteroatoms. The van der Waals surface area contributed by atoms with E-state index < -0.39 is 0 Å². The van der Waals surface area contributed by atoms with Gasteiger partial charge in [0.15, 0.2) is 0 Å². The fraction of sp³-hybridized carbons (Fsp3) is 1.00. The molecule has 0 bridgehead atoms. The van der Waals surface area contributed by atoms with Gasteiger partial charge in [-0.15, -0.1) is 0 Å². The van der Waals surface area contributed by atoms with Gasteiger partial charge in [-0.1, -0.05) is 13.8 Å². The molecule has 2 saturated carbocycles. The van der Waals surface area contributed by atoms with Gasteiger partial charge in [-0.3, -0.25) is 0 Å². The topological polar surface area (TPSA) is 15.3 Å². The van der Waals surface area contributed by atoms with E-state index in [-0.39, 0.29) is 0 Å². The van der Waals surface area contributed by atoms with Crippen molar-refractivity contribution in [3.05, 3.63) is 0 Å². The second kappa shape index (κ2) is 6.38. The second-order valence-electron chi connectivity index (χ2n) is 7.03. The SMILES string of the molecule is CNC1CCC(N(C)C2CC(C)CC(C)C2)CC1. The monoisotopic (exact) mass is 252 g/mol. The third-order valence-corrected chi connectivity index (χ3v) is 5.41. The van der Waals surface area contributed by atoms with E-state index in [9.17, 15) is 0 Å². The summed E-state index contributed by atoms with van der Waals surface area (Å²) in [4.78, 5) is 2.73. The van der Waals surface area contributed by atoms with Crippen LogP contribution in [-0.4, -0.2) is 37.1 Å². The molecule has 0 aromatic carbocycles. The van der Waals surface area contributed by atoms with E-state index in [0.717, 1.165) is 30.0 Å². The molecule has 18 heavy (non-hydrogen) atoms. The van der Waals surface area contributed by atoms with E-state index in [4.69, 9.17) is 0 Å². The summed E-state index contributed by atoms with van der Waals surface area (Å²) >= 11 is 0. The minimum Gasteiger partial charge on any atom is -0.317 e. The molecule has 1 N–H and O–H groups in total. The number of hydrogen-bond acceptors (Lipinski definition) is 2. The Kier molecular flexibility index (Phi) is 5.08. The Bertz CT molecular complexity index is 235. The van der Waals surface area contributed by atoms with Crippen LogP contribution in [-0.2, 0) is 0 Å². The minimum atomic E-state index is 0.777. The second-order valence-corrected chi connectivity index (χ2v) is 7.03. The molecular weight excluding hydrogens is 220 g/mol. The van der Waals surface area contributed by atoms with Gasteiger partial charge in [-0.2, -0.15) is 0 Å².